The van der Waals surface area contributed by atoms with E-state index in [9.17, 15) is 4.79 Å². The van der Waals surface area contributed by atoms with Gasteiger partial charge >= 0.3 is 108 Å². The average Bonchev–Trinajstić information content (AvgIpc) is 2.57. The zero-order valence-electron chi connectivity index (χ0n) is 8.76. The van der Waals surface area contributed by atoms with Gasteiger partial charge in [0, 0.05) is 0 Å². The van der Waals surface area contributed by atoms with Gasteiger partial charge in [-0.2, -0.15) is 0 Å². The summed E-state index contributed by atoms with van der Waals surface area (Å²) in [5.41, 5.74) is -0.737. The van der Waals surface area contributed by atoms with Gasteiger partial charge in [-0.05, 0) is 0 Å². The van der Waals surface area contributed by atoms with Crippen LogP contribution in [-0.4, -0.2) is 16.8 Å². The van der Waals surface area contributed by atoms with Crippen LogP contribution in [0.1, 0.15) is 12.8 Å². The van der Waals surface area contributed by atoms with Gasteiger partial charge in [0.15, 0.2) is 0 Å². The summed E-state index contributed by atoms with van der Waals surface area (Å²) in [5.74, 6) is -0.374. The second kappa shape index (κ2) is 4.02. The number of halogens is 1. The van der Waals surface area contributed by atoms with Crippen LogP contribution in [0.3, 0.4) is 0 Å². The van der Waals surface area contributed by atoms with Crippen molar-refractivity contribution in [1.29, 1.82) is 0 Å². The van der Waals surface area contributed by atoms with Gasteiger partial charge in [-0.3, -0.25) is 0 Å². The Morgan fingerprint density at radius 2 is 2.47 bits per heavy atom. The van der Waals surface area contributed by atoms with Crippen molar-refractivity contribution in [3.8, 4) is 5.75 Å². The van der Waals surface area contributed by atoms with Crippen LogP contribution < -0.4 is 27.0 Å². The van der Waals surface area contributed by atoms with Crippen molar-refractivity contribution in [2.75, 3.05) is 0 Å². The first-order valence-corrected chi connectivity index (χ1v) is 7.13. The molecule has 1 saturated carbocycles. The summed E-state index contributed by atoms with van der Waals surface area (Å²) in [6, 6.07) is 1.28. The summed E-state index contributed by atoms with van der Waals surface area (Å²) in [6.45, 7) is 0. The van der Waals surface area contributed by atoms with E-state index in [1.807, 2.05) is 6.08 Å². The summed E-state index contributed by atoms with van der Waals surface area (Å²) in [7, 11) is 0. The third kappa shape index (κ3) is 1.85. The maximum absolute atomic E-state index is 11.2. The molecule has 1 aromatic rings. The fraction of sp³-hybridized carbons (Fsp3) is 0.364. The van der Waals surface area contributed by atoms with Crippen LogP contribution in [0.15, 0.2) is 33.9 Å². The molecule has 6 heteroatoms. The number of fused-ring (bicyclic) bond motifs is 1. The minimum atomic E-state index is -0.850. The van der Waals surface area contributed by atoms with Crippen LogP contribution in [0, 0.1) is 3.77 Å². The molecular weight excluding hydrogens is 339 g/mol. The normalized spacial score (nSPS) is 29.8. The molecule has 1 fully saturated rings. The fourth-order valence-corrected chi connectivity index (χ4v) is 3.73. The predicted molar refractivity (Wildman–Crippen MR) is 52.4 cm³/mol. The van der Waals surface area contributed by atoms with Gasteiger partial charge in [0.1, 0.15) is 0 Å². The molecule has 2 aliphatic rings. The van der Waals surface area contributed by atoms with Crippen molar-refractivity contribution in [1.82, 2.24) is 0 Å². The van der Waals surface area contributed by atoms with Gasteiger partial charge in [-0.1, -0.05) is 0 Å². The van der Waals surface area contributed by atoms with Crippen LogP contribution in [0.5, 0.6) is 5.75 Å². The molecule has 5 nitrogen and oxygen atoms in total. The number of hydrogen-bond donors (Lipinski definition) is 1. The Morgan fingerprint density at radius 3 is 3.12 bits per heavy atom. The van der Waals surface area contributed by atoms with Gasteiger partial charge < -0.3 is 0 Å². The molecule has 0 amide bonds. The van der Waals surface area contributed by atoms with E-state index in [2.05, 4.69) is 0 Å². The molecule has 92 valence electrons. The molecular formula is C11H10IO5-. The molecule has 1 unspecified atom stereocenters. The molecule has 0 spiro atoms. The van der Waals surface area contributed by atoms with E-state index < -0.39 is 27.0 Å². The molecule has 0 bridgehead atoms. The van der Waals surface area contributed by atoms with E-state index in [0.717, 1.165) is 19.1 Å². The summed E-state index contributed by atoms with van der Waals surface area (Å²) < 4.78 is 16.8. The second-order valence-corrected chi connectivity index (χ2v) is 5.95. The standard InChI is InChI=1S/C11H10IO5/c13-7-5-10(16-6-8(7)14)12-17-11-2-1-9(11)15-4-3-11/h3-6,9,14H,1-2H2/q-1/t9?,11-/m1/s1. The van der Waals surface area contributed by atoms with Crippen molar-refractivity contribution in [3.63, 3.8) is 0 Å². The van der Waals surface area contributed by atoms with Crippen molar-refractivity contribution in [2.45, 2.75) is 24.5 Å². The Labute approximate surface area is 108 Å². The Kier molecular flexibility index (Phi) is 2.62. The molecule has 2 heterocycles. The Morgan fingerprint density at radius 1 is 1.59 bits per heavy atom. The molecule has 1 N–H and O–H groups in total. The van der Waals surface area contributed by atoms with Gasteiger partial charge in [-0.15, -0.1) is 0 Å². The monoisotopic (exact) mass is 349 g/mol. The predicted octanol–water partition coefficient (Wildman–Crippen LogP) is -2.02. The number of hydrogen-bond acceptors (Lipinski definition) is 5. The van der Waals surface area contributed by atoms with E-state index in [4.69, 9.17) is 17.3 Å². The van der Waals surface area contributed by atoms with Crippen LogP contribution in [-0.2, 0) is 7.80 Å². The number of aromatic hydroxyl groups is 1. The number of rotatable bonds is 3. The van der Waals surface area contributed by atoms with E-state index in [0.29, 0.717) is 3.77 Å². The van der Waals surface area contributed by atoms with Gasteiger partial charge in [0.05, 0.1) is 0 Å². The van der Waals surface area contributed by atoms with Crippen molar-refractivity contribution in [2.24, 2.45) is 0 Å². The molecule has 1 aliphatic carbocycles. The SMILES string of the molecule is O=c1cc([I-]O[C@]23C=COC2CC3)occ1O. The van der Waals surface area contributed by atoms with Crippen LogP contribution in [0.2, 0.25) is 0 Å². The Balaban J connectivity index is 1.70. The molecule has 1 aliphatic heterocycles. The fourth-order valence-electron chi connectivity index (χ4n) is 1.82. The third-order valence-corrected chi connectivity index (χ3v) is 5.01. The van der Waals surface area contributed by atoms with E-state index in [-0.39, 0.29) is 17.5 Å². The summed E-state index contributed by atoms with van der Waals surface area (Å²) >= 11 is -0.850. The van der Waals surface area contributed by atoms with Gasteiger partial charge in [0.2, 0.25) is 0 Å². The Bertz CT molecular complexity index is 523. The topological polar surface area (TPSA) is 68.9 Å². The molecule has 3 rings (SSSR count). The van der Waals surface area contributed by atoms with Crippen molar-refractivity contribution in [3.05, 3.63) is 38.7 Å². The molecule has 1 aromatic heterocycles. The summed E-state index contributed by atoms with van der Waals surface area (Å²) in [4.78, 5) is 11.2. The number of ether oxygens (including phenoxy) is 1. The first-order valence-electron chi connectivity index (χ1n) is 5.17. The van der Waals surface area contributed by atoms with Crippen LogP contribution >= 0.6 is 0 Å². The van der Waals surface area contributed by atoms with Crippen LogP contribution in [0.25, 0.3) is 0 Å². The molecule has 2 atom stereocenters. The molecule has 17 heavy (non-hydrogen) atoms. The van der Waals surface area contributed by atoms with Gasteiger partial charge in [-0.25, -0.2) is 0 Å². The first kappa shape index (κ1) is 11.1. The molecule has 0 saturated heterocycles. The quantitative estimate of drug-likeness (QED) is 0.639. The first-order chi connectivity index (χ1) is 8.20. The average molecular weight is 349 g/mol. The van der Waals surface area contributed by atoms with E-state index in [1.165, 1.54) is 6.07 Å². The molecule has 0 aromatic carbocycles. The zero-order valence-corrected chi connectivity index (χ0v) is 10.9. The summed E-state index contributed by atoms with van der Waals surface area (Å²) in [5, 5.41) is 9.06. The maximum atomic E-state index is 11.2. The minimum absolute atomic E-state index is 0.117. The van der Waals surface area contributed by atoms with Gasteiger partial charge in [0.25, 0.3) is 0 Å². The van der Waals surface area contributed by atoms with E-state index in [1.54, 1.807) is 6.26 Å². The molecule has 0 radical (unpaired) electrons. The third-order valence-electron chi connectivity index (χ3n) is 2.97. The van der Waals surface area contributed by atoms with Crippen molar-refractivity contribution < 1.29 is 38.9 Å². The van der Waals surface area contributed by atoms with E-state index >= 15 is 0 Å². The van der Waals surface area contributed by atoms with Crippen LogP contribution in [0.4, 0.5) is 0 Å². The second-order valence-electron chi connectivity index (χ2n) is 4.01. The zero-order chi connectivity index (χ0) is 11.9. The Hall–Kier alpha value is -1.02. The summed E-state index contributed by atoms with van der Waals surface area (Å²) in [6.07, 6.45) is 6.71. The van der Waals surface area contributed by atoms with Crippen molar-refractivity contribution >= 4 is 0 Å².